The average molecular weight is 578 g/mol. The number of carbonyl (C=O) groups is 2. The Hall–Kier alpha value is -2.22. The minimum atomic E-state index is -4.01. The predicted molar refractivity (Wildman–Crippen MR) is 119 cm³/mol. The number of anilines is 1. The number of methoxy groups -OCH3 is 1. The van der Waals surface area contributed by atoms with Crippen LogP contribution in [0.25, 0.3) is 0 Å². The van der Waals surface area contributed by atoms with Crippen molar-refractivity contribution in [2.24, 2.45) is 0 Å². The van der Waals surface area contributed by atoms with Gasteiger partial charge < -0.3 is 9.84 Å². The van der Waals surface area contributed by atoms with Crippen molar-refractivity contribution in [1.82, 2.24) is 9.35 Å². The molecular formula is C19H22F2N3NaO10S2. The monoisotopic (exact) mass is 577 g/mol. The van der Waals surface area contributed by atoms with Crippen molar-refractivity contribution in [2.75, 3.05) is 33.2 Å². The number of halogens is 2. The van der Waals surface area contributed by atoms with Crippen LogP contribution in [0.1, 0.15) is 26.3 Å². The standard InChI is InChI=1S/C9H11FN2O5S.C9H8FNO4S.CH3O.Na/c1-16-9(13)7-5-6(10)3-4-8(7)11-18(14,15)12-17-2;1-15-11-9(12)8-4-7(10)3-2-6(8)5-16(11,13)14;1-2;/h3-5,11-12H,1-2H3;2-4H,5H2,1H3;1H3;/q;;-1;+1. The zero-order valence-electron chi connectivity index (χ0n) is 20.3. The topological polar surface area (TPSA) is 180 Å². The molecule has 0 bridgehead atoms. The maximum Gasteiger partial charge on any atom is 1.00 e. The minimum Gasteiger partial charge on any atom is -0.857 e. The summed E-state index contributed by atoms with van der Waals surface area (Å²) in [6, 6.07) is 6.35. The summed E-state index contributed by atoms with van der Waals surface area (Å²) in [5, 5.41) is 8.25. The Bertz CT molecular complexity index is 1310. The van der Waals surface area contributed by atoms with Crippen LogP contribution < -0.4 is 44.3 Å². The van der Waals surface area contributed by atoms with Gasteiger partial charge >= 0.3 is 45.7 Å². The van der Waals surface area contributed by atoms with E-state index >= 15 is 0 Å². The largest absolute Gasteiger partial charge is 1.00 e. The van der Waals surface area contributed by atoms with Crippen LogP contribution in [-0.4, -0.2) is 61.6 Å². The molecule has 13 nitrogen and oxygen atoms in total. The summed E-state index contributed by atoms with van der Waals surface area (Å²) in [5.74, 6) is -3.41. The molecule has 200 valence electrons. The summed E-state index contributed by atoms with van der Waals surface area (Å²) < 4.78 is 78.4. The molecule has 0 fully saturated rings. The summed E-state index contributed by atoms with van der Waals surface area (Å²) in [6.07, 6.45) is 0. The zero-order chi connectivity index (χ0) is 27.7. The first kappa shape index (κ1) is 34.8. The molecular weight excluding hydrogens is 555 g/mol. The zero-order valence-corrected chi connectivity index (χ0v) is 23.9. The van der Waals surface area contributed by atoms with Crippen LogP contribution in [0.2, 0.25) is 0 Å². The predicted octanol–water partition coefficient (Wildman–Crippen LogP) is -2.93. The summed E-state index contributed by atoms with van der Waals surface area (Å²) in [7, 11) is -3.81. The maximum atomic E-state index is 13.0. The van der Waals surface area contributed by atoms with E-state index in [9.17, 15) is 35.2 Å². The molecule has 0 aliphatic carbocycles. The van der Waals surface area contributed by atoms with E-state index in [0.717, 1.165) is 58.8 Å². The molecule has 3 rings (SSSR count). The Balaban J connectivity index is 0.000000643. The number of amides is 1. The Morgan fingerprint density at radius 3 is 2.16 bits per heavy atom. The third kappa shape index (κ3) is 9.55. The molecule has 0 saturated heterocycles. The molecule has 2 N–H and O–H groups in total. The number of nitrogens with zero attached hydrogens (tertiary/aromatic N) is 1. The van der Waals surface area contributed by atoms with Gasteiger partial charge in [0.2, 0.25) is 0 Å². The van der Waals surface area contributed by atoms with E-state index in [1.54, 1.807) is 4.89 Å². The van der Waals surface area contributed by atoms with E-state index in [0.29, 0.717) is 0 Å². The molecule has 1 aliphatic heterocycles. The quantitative estimate of drug-likeness (QED) is 0.205. The number of benzene rings is 2. The number of esters is 1. The number of ether oxygens (including phenoxy) is 1. The molecule has 0 saturated carbocycles. The molecule has 1 heterocycles. The Labute approximate surface area is 234 Å². The van der Waals surface area contributed by atoms with Crippen LogP contribution in [0.4, 0.5) is 14.5 Å². The molecule has 18 heteroatoms. The molecule has 1 amide bonds. The van der Waals surface area contributed by atoms with Gasteiger partial charge in [-0.25, -0.2) is 22.0 Å². The molecule has 0 unspecified atom stereocenters. The summed E-state index contributed by atoms with van der Waals surface area (Å²) in [6.45, 7) is 0. The molecule has 0 spiro atoms. The van der Waals surface area contributed by atoms with Gasteiger partial charge in [-0.15, -0.1) is 4.47 Å². The maximum absolute atomic E-state index is 13.0. The van der Waals surface area contributed by atoms with Crippen LogP contribution in [-0.2, 0) is 40.4 Å². The third-order valence-corrected chi connectivity index (χ3v) is 6.42. The fourth-order valence-corrected chi connectivity index (χ4v) is 4.78. The van der Waals surface area contributed by atoms with E-state index in [1.165, 1.54) is 6.07 Å². The Kier molecular flexibility index (Phi) is 14.3. The number of sulfonamides is 1. The van der Waals surface area contributed by atoms with Crippen LogP contribution in [0.3, 0.4) is 0 Å². The molecule has 0 radical (unpaired) electrons. The van der Waals surface area contributed by atoms with Gasteiger partial charge in [0.25, 0.3) is 15.9 Å². The van der Waals surface area contributed by atoms with Gasteiger partial charge in [-0.05, 0) is 35.9 Å². The second-order valence-electron chi connectivity index (χ2n) is 6.35. The molecule has 37 heavy (non-hydrogen) atoms. The van der Waals surface area contributed by atoms with Crippen molar-refractivity contribution >= 4 is 37.8 Å². The number of fused-ring (bicyclic) bond motifs is 1. The first-order valence-corrected chi connectivity index (χ1v) is 12.5. The summed E-state index contributed by atoms with van der Waals surface area (Å²) in [5.41, 5.74) is -0.0943. The van der Waals surface area contributed by atoms with E-state index < -0.39 is 43.7 Å². The first-order chi connectivity index (χ1) is 16.8. The first-order valence-electron chi connectivity index (χ1n) is 9.36. The second kappa shape index (κ2) is 15.3. The Morgan fingerprint density at radius 2 is 1.62 bits per heavy atom. The number of hydrogen-bond acceptors (Lipinski definition) is 10. The van der Waals surface area contributed by atoms with Gasteiger partial charge in [0.1, 0.15) is 11.6 Å². The third-order valence-electron chi connectivity index (χ3n) is 4.05. The summed E-state index contributed by atoms with van der Waals surface area (Å²) >= 11 is 0. The van der Waals surface area contributed by atoms with Gasteiger partial charge in [0.15, 0.2) is 0 Å². The molecule has 0 aromatic heterocycles. The smallest absolute Gasteiger partial charge is 0.857 e. The van der Waals surface area contributed by atoms with Gasteiger partial charge in [0.05, 0.1) is 43.9 Å². The van der Waals surface area contributed by atoms with E-state index in [2.05, 4.69) is 14.4 Å². The Morgan fingerprint density at radius 1 is 1.05 bits per heavy atom. The number of hydroxylamine groups is 1. The normalized spacial score (nSPS) is 13.5. The fourth-order valence-electron chi connectivity index (χ4n) is 2.71. The van der Waals surface area contributed by atoms with Crippen LogP contribution in [0.15, 0.2) is 36.4 Å². The molecule has 2 aromatic rings. The number of hydrogen-bond donors (Lipinski definition) is 2. The molecule has 1 aliphatic rings. The van der Waals surface area contributed by atoms with Crippen molar-refractivity contribution in [1.29, 1.82) is 0 Å². The van der Waals surface area contributed by atoms with Crippen LogP contribution >= 0.6 is 0 Å². The number of rotatable bonds is 6. The van der Waals surface area contributed by atoms with Crippen molar-refractivity contribution in [2.45, 2.75) is 5.75 Å². The minimum absolute atomic E-state index is 0. The number of nitrogens with one attached hydrogen (secondary N) is 2. The van der Waals surface area contributed by atoms with E-state index in [1.807, 2.05) is 4.72 Å². The van der Waals surface area contributed by atoms with E-state index in [4.69, 9.17) is 5.11 Å². The van der Waals surface area contributed by atoms with Crippen molar-refractivity contribution in [3.8, 4) is 0 Å². The average Bonchev–Trinajstić information content (AvgIpc) is 2.81. The second-order valence-corrected chi connectivity index (χ2v) is 9.51. The van der Waals surface area contributed by atoms with Gasteiger partial charge in [0, 0.05) is 0 Å². The van der Waals surface area contributed by atoms with Crippen molar-refractivity contribution < 1.29 is 84.3 Å². The van der Waals surface area contributed by atoms with Gasteiger partial charge in [-0.2, -0.15) is 15.5 Å². The number of carbonyl (C=O) groups excluding carboxylic acids is 2. The fraction of sp³-hybridized carbons (Fsp3) is 0.263. The molecule has 2 aromatic carbocycles. The molecule has 0 atom stereocenters. The summed E-state index contributed by atoms with van der Waals surface area (Å²) in [4.78, 5) is 33.4. The van der Waals surface area contributed by atoms with Crippen LogP contribution in [0.5, 0.6) is 0 Å². The van der Waals surface area contributed by atoms with Crippen molar-refractivity contribution in [3.63, 3.8) is 0 Å². The van der Waals surface area contributed by atoms with Crippen LogP contribution in [0, 0.1) is 11.6 Å². The van der Waals surface area contributed by atoms with Gasteiger partial charge in [-0.1, -0.05) is 11.0 Å². The van der Waals surface area contributed by atoms with E-state index in [-0.39, 0.29) is 62.2 Å². The van der Waals surface area contributed by atoms with Gasteiger partial charge in [-0.3, -0.25) is 19.2 Å². The van der Waals surface area contributed by atoms with Crippen molar-refractivity contribution in [3.05, 3.63) is 64.7 Å². The SMILES string of the molecule is CON1C(=O)c2cc(F)ccc2CS1(=O)=O.CONS(=O)(=O)Nc1ccc(F)cc1C(=O)OC.C[O-].[Na+].